The van der Waals surface area contributed by atoms with Crippen molar-refractivity contribution in [2.24, 2.45) is 5.92 Å². The molecule has 0 saturated heterocycles. The van der Waals surface area contributed by atoms with E-state index in [1.54, 1.807) is 18.2 Å². The van der Waals surface area contributed by atoms with Crippen molar-refractivity contribution >= 4 is 22.9 Å². The lowest BCUT2D eigenvalue weighted by Crippen LogP contribution is -2.33. The summed E-state index contributed by atoms with van der Waals surface area (Å²) in [7, 11) is 0. The number of aromatic nitrogens is 2. The fraction of sp³-hybridized carbons (Fsp3) is 0.350. The van der Waals surface area contributed by atoms with E-state index in [0.29, 0.717) is 11.3 Å². The molecule has 1 aromatic carbocycles. The highest BCUT2D eigenvalue weighted by Crippen LogP contribution is 2.29. The molecule has 2 heterocycles. The number of carboxylic acid groups (broad SMARTS) is 1. The number of imidazole rings is 1. The normalized spacial score (nSPS) is 12.7. The summed E-state index contributed by atoms with van der Waals surface area (Å²) < 4.78 is 7.19. The van der Waals surface area contributed by atoms with Gasteiger partial charge in [0.2, 0.25) is 0 Å². The molecule has 2 aromatic heterocycles. The molecule has 1 amide bonds. The third kappa shape index (κ3) is 3.58. The van der Waals surface area contributed by atoms with Gasteiger partial charge in [0.15, 0.2) is 5.76 Å². The molecule has 27 heavy (non-hydrogen) atoms. The van der Waals surface area contributed by atoms with Gasteiger partial charge in [-0.3, -0.25) is 4.79 Å². The van der Waals surface area contributed by atoms with Crippen molar-refractivity contribution in [1.29, 1.82) is 0 Å². The summed E-state index contributed by atoms with van der Waals surface area (Å²) in [6.45, 7) is 8.01. The van der Waals surface area contributed by atoms with E-state index >= 15 is 0 Å². The largest absolute Gasteiger partial charge is 0.545 e. The first-order chi connectivity index (χ1) is 12.8. The molecule has 3 aromatic rings. The Morgan fingerprint density at radius 1 is 1.19 bits per heavy atom. The number of fused-ring (bicyclic) bond motifs is 1. The van der Waals surface area contributed by atoms with Crippen LogP contribution >= 0.6 is 0 Å². The van der Waals surface area contributed by atoms with Crippen LogP contribution < -0.4 is 10.4 Å². The summed E-state index contributed by atoms with van der Waals surface area (Å²) in [4.78, 5) is 28.3. The van der Waals surface area contributed by atoms with Gasteiger partial charge in [0.1, 0.15) is 5.82 Å². The highest BCUT2D eigenvalue weighted by atomic mass is 16.4. The molecule has 142 valence electrons. The maximum Gasteiger partial charge on any atom is 0.287 e. The minimum Gasteiger partial charge on any atom is -0.545 e. The summed E-state index contributed by atoms with van der Waals surface area (Å²) in [5.74, 6) is -0.614. The van der Waals surface area contributed by atoms with E-state index in [4.69, 9.17) is 4.42 Å². The number of carboxylic acids is 1. The minimum atomic E-state index is -1.25. The van der Waals surface area contributed by atoms with Crippen LogP contribution in [0, 0.1) is 5.92 Å². The van der Waals surface area contributed by atoms with Gasteiger partial charge in [-0.05, 0) is 49.6 Å². The Kier molecular flexibility index (Phi) is 5.03. The molecule has 0 saturated carbocycles. The Labute approximate surface area is 157 Å². The van der Waals surface area contributed by atoms with E-state index in [-0.39, 0.29) is 35.2 Å². The predicted octanol–water partition coefficient (Wildman–Crippen LogP) is 2.70. The van der Waals surface area contributed by atoms with Crippen molar-refractivity contribution < 1.29 is 19.1 Å². The fourth-order valence-electron chi connectivity index (χ4n) is 3.16. The zero-order valence-corrected chi connectivity index (χ0v) is 15.7. The zero-order valence-electron chi connectivity index (χ0n) is 15.7. The second kappa shape index (κ2) is 7.26. The number of aromatic carboxylic acids is 1. The van der Waals surface area contributed by atoms with Crippen molar-refractivity contribution in [3.63, 3.8) is 0 Å². The molecule has 0 spiro atoms. The van der Waals surface area contributed by atoms with Gasteiger partial charge in [-0.15, -0.1) is 0 Å². The number of carbonyl (C=O) groups is 2. The number of furan rings is 1. The molecule has 0 unspecified atom stereocenters. The van der Waals surface area contributed by atoms with Crippen molar-refractivity contribution in [1.82, 2.24) is 14.9 Å². The van der Waals surface area contributed by atoms with Crippen LogP contribution in [0.5, 0.6) is 0 Å². The Bertz CT molecular complexity index is 971. The molecule has 0 bridgehead atoms. The SMILES string of the molecule is CC(C)[C@@H](NC(=O)c1ccco1)c1nc2cc(C(=O)[O-])ccc2n1C(C)C. The lowest BCUT2D eigenvalue weighted by atomic mass is 10.0. The van der Waals surface area contributed by atoms with Crippen LogP contribution in [-0.2, 0) is 0 Å². The van der Waals surface area contributed by atoms with Crippen molar-refractivity contribution in [3.8, 4) is 0 Å². The number of nitrogens with one attached hydrogen (secondary N) is 1. The van der Waals surface area contributed by atoms with Gasteiger partial charge in [0.05, 0.1) is 29.3 Å². The van der Waals surface area contributed by atoms with Gasteiger partial charge in [0.25, 0.3) is 5.91 Å². The molecular weight excluding hydrogens is 346 g/mol. The molecule has 7 nitrogen and oxygen atoms in total. The molecule has 0 aliphatic rings. The molecule has 0 aliphatic carbocycles. The quantitative estimate of drug-likeness (QED) is 0.721. The molecule has 3 rings (SSSR count). The number of benzene rings is 1. The average molecular weight is 368 g/mol. The van der Waals surface area contributed by atoms with Crippen LogP contribution in [-0.4, -0.2) is 21.4 Å². The second-order valence-electron chi connectivity index (χ2n) is 7.10. The van der Waals surface area contributed by atoms with Crippen LogP contribution in [0.3, 0.4) is 0 Å². The first-order valence-electron chi connectivity index (χ1n) is 8.87. The number of hydrogen-bond acceptors (Lipinski definition) is 5. The number of rotatable bonds is 6. The highest BCUT2D eigenvalue weighted by molar-refractivity contribution is 5.92. The molecule has 1 atom stereocenters. The van der Waals surface area contributed by atoms with Crippen molar-refractivity contribution in [2.75, 3.05) is 0 Å². The standard InChI is InChI=1S/C20H23N3O4/c1-11(2)17(22-19(24)16-6-5-9-27-16)18-21-14-10-13(20(25)26)7-8-15(14)23(18)12(3)4/h5-12,17H,1-4H3,(H,22,24)(H,25,26)/p-1/t17-/m1/s1. The molecule has 0 aliphatic heterocycles. The molecule has 0 radical (unpaired) electrons. The van der Waals surface area contributed by atoms with Gasteiger partial charge in [-0.1, -0.05) is 19.9 Å². The van der Waals surface area contributed by atoms with E-state index in [2.05, 4.69) is 10.3 Å². The minimum absolute atomic E-state index is 0.0545. The monoisotopic (exact) mass is 368 g/mol. The lowest BCUT2D eigenvalue weighted by Gasteiger charge is -2.24. The van der Waals surface area contributed by atoms with Gasteiger partial charge >= 0.3 is 0 Å². The Morgan fingerprint density at radius 2 is 1.93 bits per heavy atom. The summed E-state index contributed by atoms with van der Waals surface area (Å²) in [6.07, 6.45) is 1.45. The number of nitrogens with zero attached hydrogens (tertiary/aromatic N) is 2. The second-order valence-corrected chi connectivity index (χ2v) is 7.10. The molecular formula is C20H22N3O4-. The number of amides is 1. The van der Waals surface area contributed by atoms with Crippen molar-refractivity contribution in [3.05, 3.63) is 53.7 Å². The van der Waals surface area contributed by atoms with Gasteiger partial charge in [0, 0.05) is 6.04 Å². The van der Waals surface area contributed by atoms with E-state index in [1.807, 2.05) is 32.3 Å². The van der Waals surface area contributed by atoms with E-state index < -0.39 is 5.97 Å². The lowest BCUT2D eigenvalue weighted by molar-refractivity contribution is -0.255. The predicted molar refractivity (Wildman–Crippen MR) is 98.2 cm³/mol. The maximum absolute atomic E-state index is 12.5. The zero-order chi connectivity index (χ0) is 19.7. The Morgan fingerprint density at radius 3 is 2.48 bits per heavy atom. The van der Waals surface area contributed by atoms with Gasteiger partial charge in [-0.2, -0.15) is 0 Å². The van der Waals surface area contributed by atoms with Crippen LogP contribution in [0.2, 0.25) is 0 Å². The number of carbonyl (C=O) groups excluding carboxylic acids is 2. The molecule has 1 N–H and O–H groups in total. The third-order valence-corrected chi connectivity index (χ3v) is 4.45. The summed E-state index contributed by atoms with van der Waals surface area (Å²) in [6, 6.07) is 7.69. The van der Waals surface area contributed by atoms with Crippen LogP contribution in [0.25, 0.3) is 11.0 Å². The highest BCUT2D eigenvalue weighted by Gasteiger charge is 2.27. The van der Waals surface area contributed by atoms with E-state index in [1.165, 1.54) is 18.4 Å². The fourth-order valence-corrected chi connectivity index (χ4v) is 3.16. The summed E-state index contributed by atoms with van der Waals surface area (Å²) in [5, 5.41) is 14.2. The van der Waals surface area contributed by atoms with E-state index in [9.17, 15) is 14.7 Å². The van der Waals surface area contributed by atoms with Crippen LogP contribution in [0.15, 0.2) is 41.0 Å². The Balaban J connectivity index is 2.09. The summed E-state index contributed by atoms with van der Waals surface area (Å²) in [5.41, 5.74) is 1.43. The average Bonchev–Trinajstić information content (AvgIpc) is 3.25. The smallest absolute Gasteiger partial charge is 0.287 e. The first-order valence-corrected chi connectivity index (χ1v) is 8.87. The summed E-state index contributed by atoms with van der Waals surface area (Å²) >= 11 is 0. The van der Waals surface area contributed by atoms with Crippen molar-refractivity contribution in [2.45, 2.75) is 39.8 Å². The Hall–Kier alpha value is -3.09. The first kappa shape index (κ1) is 18.7. The molecule has 0 fully saturated rings. The topological polar surface area (TPSA) is 100 Å². The molecule has 7 heteroatoms. The van der Waals surface area contributed by atoms with Crippen LogP contribution in [0.1, 0.15) is 66.5 Å². The maximum atomic E-state index is 12.5. The van der Waals surface area contributed by atoms with E-state index in [0.717, 1.165) is 5.52 Å². The van der Waals surface area contributed by atoms with Gasteiger partial charge in [-0.25, -0.2) is 4.98 Å². The number of hydrogen-bond donors (Lipinski definition) is 1. The van der Waals surface area contributed by atoms with Crippen LogP contribution in [0.4, 0.5) is 0 Å². The van der Waals surface area contributed by atoms with Gasteiger partial charge < -0.3 is 24.2 Å². The third-order valence-electron chi connectivity index (χ3n) is 4.45.